The maximum Gasteiger partial charge on any atom is 0.241 e. The van der Waals surface area contributed by atoms with Gasteiger partial charge in [0.25, 0.3) is 0 Å². The van der Waals surface area contributed by atoms with E-state index >= 15 is 0 Å². The van der Waals surface area contributed by atoms with Crippen molar-refractivity contribution < 1.29 is 14.1 Å². The molecule has 3 heterocycles. The molecule has 31 heavy (non-hydrogen) atoms. The summed E-state index contributed by atoms with van der Waals surface area (Å²) in [5, 5.41) is 4.16. The van der Waals surface area contributed by atoms with Gasteiger partial charge in [-0.2, -0.15) is 4.98 Å². The van der Waals surface area contributed by atoms with E-state index in [4.69, 9.17) is 9.26 Å². The van der Waals surface area contributed by atoms with Crippen molar-refractivity contribution in [2.45, 2.75) is 38.4 Å². The molecule has 1 aromatic heterocycles. The molecule has 0 unspecified atom stereocenters. The van der Waals surface area contributed by atoms with Crippen molar-refractivity contribution in [3.05, 3.63) is 65.5 Å². The molecule has 3 aromatic rings. The van der Waals surface area contributed by atoms with Crippen molar-refractivity contribution in [1.29, 1.82) is 0 Å². The van der Waals surface area contributed by atoms with Gasteiger partial charge in [0.2, 0.25) is 17.6 Å². The maximum atomic E-state index is 13.3. The summed E-state index contributed by atoms with van der Waals surface area (Å²) in [7, 11) is 1.63. The Labute approximate surface area is 181 Å². The molecule has 7 nitrogen and oxygen atoms in total. The van der Waals surface area contributed by atoms with Gasteiger partial charge in [-0.15, -0.1) is 0 Å². The van der Waals surface area contributed by atoms with Gasteiger partial charge in [0.05, 0.1) is 19.7 Å². The summed E-state index contributed by atoms with van der Waals surface area (Å²) in [6.07, 6.45) is 2.88. The van der Waals surface area contributed by atoms with E-state index in [1.54, 1.807) is 7.11 Å². The van der Waals surface area contributed by atoms with Crippen molar-refractivity contribution in [2.24, 2.45) is 0 Å². The van der Waals surface area contributed by atoms with Gasteiger partial charge in [-0.25, -0.2) is 0 Å². The third kappa shape index (κ3) is 4.05. The van der Waals surface area contributed by atoms with Gasteiger partial charge in [-0.3, -0.25) is 9.69 Å². The summed E-state index contributed by atoms with van der Waals surface area (Å²) in [6.45, 7) is 2.84. The second kappa shape index (κ2) is 8.51. The molecule has 2 aliphatic heterocycles. The fraction of sp³-hybridized carbons (Fsp3) is 0.375. The summed E-state index contributed by atoms with van der Waals surface area (Å²) in [5.41, 5.74) is 3.34. The Balaban J connectivity index is 1.39. The molecular weight excluding hydrogens is 392 g/mol. The van der Waals surface area contributed by atoms with Gasteiger partial charge in [0.1, 0.15) is 5.75 Å². The molecule has 5 rings (SSSR count). The average molecular weight is 418 g/mol. The van der Waals surface area contributed by atoms with Crippen LogP contribution in [0.5, 0.6) is 5.75 Å². The topological polar surface area (TPSA) is 71.7 Å². The second-order valence-electron chi connectivity index (χ2n) is 8.17. The van der Waals surface area contributed by atoms with Gasteiger partial charge in [0, 0.05) is 25.2 Å². The third-order valence-corrected chi connectivity index (χ3v) is 6.18. The van der Waals surface area contributed by atoms with Crippen molar-refractivity contribution in [3.63, 3.8) is 0 Å². The van der Waals surface area contributed by atoms with E-state index in [0.717, 1.165) is 37.2 Å². The van der Waals surface area contributed by atoms with Crippen LogP contribution in [0.1, 0.15) is 29.9 Å². The number of carbonyl (C=O) groups excluding carboxylic acids is 1. The molecule has 2 aromatic carbocycles. The highest BCUT2D eigenvalue weighted by atomic mass is 16.5. The molecule has 0 saturated carbocycles. The van der Waals surface area contributed by atoms with Gasteiger partial charge >= 0.3 is 0 Å². The standard InChI is InChI=1S/C24H26N4O3/c1-30-20-10-6-9-18(13-20)23-25-22(31-26-23)16-28-15-19-8-3-2-7-17(19)14-21(28)24(29)27-11-4-5-12-27/h2-3,6-10,13,21H,4-5,11-12,14-16H2,1H3/t21-/m1/s1. The lowest BCUT2D eigenvalue weighted by molar-refractivity contribution is -0.137. The van der Waals surface area contributed by atoms with E-state index in [9.17, 15) is 4.79 Å². The van der Waals surface area contributed by atoms with Crippen LogP contribution in [-0.4, -0.2) is 52.1 Å². The summed E-state index contributed by atoms with van der Waals surface area (Å²) in [5.74, 6) is 1.98. The van der Waals surface area contributed by atoms with Crippen LogP contribution < -0.4 is 4.74 Å². The lowest BCUT2D eigenvalue weighted by Gasteiger charge is -2.37. The third-order valence-electron chi connectivity index (χ3n) is 6.18. The van der Waals surface area contributed by atoms with E-state index in [-0.39, 0.29) is 11.9 Å². The van der Waals surface area contributed by atoms with E-state index in [2.05, 4.69) is 27.2 Å². The number of methoxy groups -OCH3 is 1. The number of ether oxygens (including phenoxy) is 1. The molecule has 0 N–H and O–H groups in total. The Bertz CT molecular complexity index is 1070. The fourth-order valence-electron chi connectivity index (χ4n) is 4.51. The van der Waals surface area contributed by atoms with Crippen molar-refractivity contribution in [2.75, 3.05) is 20.2 Å². The lowest BCUT2D eigenvalue weighted by Crippen LogP contribution is -2.50. The van der Waals surface area contributed by atoms with Crippen LogP contribution in [0.25, 0.3) is 11.4 Å². The number of rotatable bonds is 5. The summed E-state index contributed by atoms with van der Waals surface area (Å²) < 4.78 is 10.9. The van der Waals surface area contributed by atoms with E-state index < -0.39 is 0 Å². The average Bonchev–Trinajstić information content (AvgIpc) is 3.51. The molecule has 0 aliphatic carbocycles. The van der Waals surface area contributed by atoms with Crippen LogP contribution in [-0.2, 0) is 24.3 Å². The number of benzene rings is 2. The van der Waals surface area contributed by atoms with E-state index in [1.807, 2.05) is 41.3 Å². The number of aromatic nitrogens is 2. The number of fused-ring (bicyclic) bond motifs is 1. The number of nitrogens with zero attached hydrogens (tertiary/aromatic N) is 4. The van der Waals surface area contributed by atoms with Gasteiger partial charge < -0.3 is 14.2 Å². The summed E-state index contributed by atoms with van der Waals surface area (Å²) >= 11 is 0. The van der Waals surface area contributed by atoms with Crippen LogP contribution in [0, 0.1) is 0 Å². The van der Waals surface area contributed by atoms with Gasteiger partial charge in [-0.05, 0) is 42.5 Å². The molecule has 1 saturated heterocycles. The number of hydrogen-bond acceptors (Lipinski definition) is 6. The normalized spacial score (nSPS) is 18.7. The smallest absolute Gasteiger partial charge is 0.241 e. The molecule has 0 bridgehead atoms. The van der Waals surface area contributed by atoms with E-state index in [1.165, 1.54) is 11.1 Å². The number of carbonyl (C=O) groups is 1. The number of amides is 1. The number of likely N-dealkylation sites (tertiary alicyclic amines) is 1. The van der Waals surface area contributed by atoms with Crippen LogP contribution in [0.3, 0.4) is 0 Å². The summed E-state index contributed by atoms with van der Waals surface area (Å²) in [6, 6.07) is 15.7. The largest absolute Gasteiger partial charge is 0.497 e. The molecule has 7 heteroatoms. The predicted octanol–water partition coefficient (Wildman–Crippen LogP) is 3.29. The first-order chi connectivity index (χ1) is 15.2. The minimum absolute atomic E-state index is 0.208. The van der Waals surface area contributed by atoms with Crippen LogP contribution >= 0.6 is 0 Å². The minimum atomic E-state index is -0.208. The molecule has 1 amide bonds. The molecule has 2 aliphatic rings. The second-order valence-corrected chi connectivity index (χ2v) is 8.17. The molecule has 1 fully saturated rings. The lowest BCUT2D eigenvalue weighted by atomic mass is 9.93. The molecular formula is C24H26N4O3. The van der Waals surface area contributed by atoms with Gasteiger partial charge in [-0.1, -0.05) is 41.6 Å². The van der Waals surface area contributed by atoms with E-state index in [0.29, 0.717) is 31.2 Å². The zero-order valence-corrected chi connectivity index (χ0v) is 17.7. The van der Waals surface area contributed by atoms with Crippen molar-refractivity contribution in [1.82, 2.24) is 19.9 Å². The zero-order valence-electron chi connectivity index (χ0n) is 17.7. The first-order valence-corrected chi connectivity index (χ1v) is 10.8. The summed E-state index contributed by atoms with van der Waals surface area (Å²) in [4.78, 5) is 22.1. The Kier molecular flexibility index (Phi) is 5.42. The monoisotopic (exact) mass is 418 g/mol. The fourth-order valence-corrected chi connectivity index (χ4v) is 4.51. The number of hydrogen-bond donors (Lipinski definition) is 0. The molecule has 0 radical (unpaired) electrons. The Morgan fingerprint density at radius 3 is 2.74 bits per heavy atom. The first-order valence-electron chi connectivity index (χ1n) is 10.8. The molecule has 1 atom stereocenters. The Hall–Kier alpha value is -3.19. The highest BCUT2D eigenvalue weighted by Gasteiger charge is 2.35. The molecule has 160 valence electrons. The van der Waals surface area contributed by atoms with Crippen LogP contribution in [0.15, 0.2) is 53.1 Å². The quantitative estimate of drug-likeness (QED) is 0.633. The Morgan fingerprint density at radius 2 is 1.94 bits per heavy atom. The molecule has 0 spiro atoms. The first kappa shape index (κ1) is 19.8. The van der Waals surface area contributed by atoms with Crippen molar-refractivity contribution >= 4 is 5.91 Å². The Morgan fingerprint density at radius 1 is 1.13 bits per heavy atom. The SMILES string of the molecule is COc1cccc(-c2noc(CN3Cc4ccccc4C[C@@H]3C(=O)N3CCCC3)n2)c1. The highest BCUT2D eigenvalue weighted by Crippen LogP contribution is 2.28. The van der Waals surface area contributed by atoms with Crippen LogP contribution in [0.2, 0.25) is 0 Å². The van der Waals surface area contributed by atoms with Gasteiger partial charge in [0.15, 0.2) is 0 Å². The highest BCUT2D eigenvalue weighted by molar-refractivity contribution is 5.83. The predicted molar refractivity (Wildman–Crippen MR) is 115 cm³/mol. The minimum Gasteiger partial charge on any atom is -0.497 e. The maximum absolute atomic E-state index is 13.3. The van der Waals surface area contributed by atoms with Crippen LogP contribution in [0.4, 0.5) is 0 Å². The van der Waals surface area contributed by atoms with Crippen molar-refractivity contribution in [3.8, 4) is 17.1 Å². The zero-order chi connectivity index (χ0) is 21.2.